The number of hydrogen-bond acceptors (Lipinski definition) is 2. The van der Waals surface area contributed by atoms with Gasteiger partial charge in [0.15, 0.2) is 0 Å². The summed E-state index contributed by atoms with van der Waals surface area (Å²) in [4.78, 5) is 3.61. The molecule has 4 nitrogen and oxygen atoms in total. The van der Waals surface area contributed by atoms with E-state index in [-0.39, 0.29) is 38.5 Å². The van der Waals surface area contributed by atoms with E-state index >= 15 is 0 Å². The van der Waals surface area contributed by atoms with Gasteiger partial charge in [0.2, 0.25) is 0 Å². The third kappa shape index (κ3) is 4.72. The zero-order valence-electron chi connectivity index (χ0n) is 25.6. The quantitative estimate of drug-likeness (QED) is 0.185. The van der Waals surface area contributed by atoms with E-state index in [1.807, 2.05) is 30.3 Å². The van der Waals surface area contributed by atoms with E-state index in [0.717, 1.165) is 15.5 Å². The Bertz CT molecular complexity index is 2720. The van der Waals surface area contributed by atoms with Crippen molar-refractivity contribution in [2.24, 2.45) is 0 Å². The van der Waals surface area contributed by atoms with Crippen LogP contribution in [0.4, 0.5) is 5.69 Å². The molecule has 10 aromatic rings. The topological polar surface area (TPSA) is 55.0 Å². The number of benzene rings is 7. The summed E-state index contributed by atoms with van der Waals surface area (Å²) >= 11 is 1.69. The second-order valence-electron chi connectivity index (χ2n) is 11.6. The smallest absolute Gasteiger partial charge is 0.110 e. The van der Waals surface area contributed by atoms with E-state index in [1.54, 1.807) is 18.4 Å². The molecule has 2 N–H and O–H groups in total. The molecule has 3 heterocycles. The number of phenols is 1. The fourth-order valence-corrected chi connectivity index (χ4v) is 8.08. The molecule has 3 aromatic heterocycles. The van der Waals surface area contributed by atoms with E-state index in [0.29, 0.717) is 5.69 Å². The van der Waals surface area contributed by atoms with E-state index in [9.17, 15) is 5.11 Å². The summed E-state index contributed by atoms with van der Waals surface area (Å²) in [6.07, 6.45) is 0. The predicted octanol–water partition coefficient (Wildman–Crippen LogP) is 12.0. The van der Waals surface area contributed by atoms with Gasteiger partial charge in [-0.05, 0) is 59.3 Å². The zero-order chi connectivity index (χ0) is 30.8. The van der Waals surface area contributed by atoms with Gasteiger partial charge in [0.25, 0.3) is 0 Å². The Morgan fingerprint density at radius 2 is 1.21 bits per heavy atom. The number of hydrogen-bond donors (Lipinski definition) is 2. The van der Waals surface area contributed by atoms with Gasteiger partial charge in [0.1, 0.15) is 5.75 Å². The van der Waals surface area contributed by atoms with Gasteiger partial charge in [-0.1, -0.05) is 96.7 Å². The minimum absolute atomic E-state index is 0. The van der Waals surface area contributed by atoms with Gasteiger partial charge < -0.3 is 20.0 Å². The number of nitrogens with one attached hydrogen (secondary N) is 1. The summed E-state index contributed by atoms with van der Waals surface area (Å²) in [5.74, 6) is 0.289. The molecule has 0 aliphatic carbocycles. The zero-order valence-corrected chi connectivity index (χ0v) is 29.3. The summed E-state index contributed by atoms with van der Waals surface area (Å²) < 4.78 is 4.68. The Hall–Kier alpha value is -4.68. The van der Waals surface area contributed by atoms with Crippen molar-refractivity contribution in [2.45, 2.75) is 0 Å². The first-order chi connectivity index (χ1) is 22.7. The first-order valence-electron chi connectivity index (χ1n) is 15.3. The maximum Gasteiger partial charge on any atom is 0.110 e. The van der Waals surface area contributed by atoms with Crippen molar-refractivity contribution in [1.82, 2.24) is 9.55 Å². The fourth-order valence-electron chi connectivity index (χ4n) is 6.97. The van der Waals surface area contributed by atoms with Gasteiger partial charge in [-0.3, -0.25) is 0 Å². The molecule has 223 valence electrons. The average Bonchev–Trinajstić information content (AvgIpc) is 3.78. The summed E-state index contributed by atoms with van der Waals surface area (Å²) in [5, 5.41) is 23.9. The molecule has 47 heavy (non-hydrogen) atoms. The molecule has 0 bridgehead atoms. The first-order valence-corrected chi connectivity index (χ1v) is 16.2. The molecule has 0 amide bonds. The van der Waals surface area contributed by atoms with Crippen molar-refractivity contribution in [3.63, 3.8) is 0 Å². The maximum atomic E-state index is 10.1. The van der Waals surface area contributed by atoms with Gasteiger partial charge in [0, 0.05) is 91.1 Å². The third-order valence-corrected chi connectivity index (χ3v) is 10.2. The Kier molecular flexibility index (Phi) is 7.49. The molecule has 0 aliphatic rings. The van der Waals surface area contributed by atoms with Crippen LogP contribution < -0.4 is 0 Å². The van der Waals surface area contributed by atoms with Crippen LogP contribution in [0, 0.1) is 0 Å². The van der Waals surface area contributed by atoms with Crippen LogP contribution in [0.3, 0.4) is 0 Å². The molecule has 1 radical (unpaired) electrons. The van der Waals surface area contributed by atoms with Gasteiger partial charge in [-0.25, -0.2) is 0 Å². The summed E-state index contributed by atoms with van der Waals surface area (Å²) in [6, 6.07) is 49.1. The Morgan fingerprint density at radius 1 is 0.574 bits per heavy atom. The van der Waals surface area contributed by atoms with Crippen LogP contribution in [0.15, 0.2) is 140 Å². The van der Waals surface area contributed by atoms with Crippen molar-refractivity contribution in [2.75, 3.05) is 7.05 Å². The minimum Gasteiger partial charge on any atom is -0.684 e. The van der Waals surface area contributed by atoms with Crippen LogP contribution in [0.25, 0.3) is 85.6 Å². The third-order valence-electron chi connectivity index (χ3n) is 9.04. The molecule has 10 rings (SSSR count). The van der Waals surface area contributed by atoms with Crippen LogP contribution in [-0.4, -0.2) is 21.7 Å². The number of aromatic hydroxyl groups is 1. The van der Waals surface area contributed by atoms with Gasteiger partial charge in [-0.2, -0.15) is 0 Å². The normalized spacial score (nSPS) is 11.4. The number of aromatic nitrogens is 2. The molecule has 7 aromatic carbocycles. The molecule has 0 fully saturated rings. The summed E-state index contributed by atoms with van der Waals surface area (Å²) in [6.45, 7) is 0. The van der Waals surface area contributed by atoms with Crippen LogP contribution in [-0.2, 0) is 32.7 Å². The van der Waals surface area contributed by atoms with E-state index < -0.39 is 0 Å². The molecule has 0 saturated heterocycles. The maximum absolute atomic E-state index is 10.1. The van der Waals surface area contributed by atoms with Gasteiger partial charge >= 0.3 is 0 Å². The van der Waals surface area contributed by atoms with E-state index in [2.05, 4.69) is 124 Å². The van der Waals surface area contributed by atoms with Gasteiger partial charge in [-0.15, -0.1) is 18.4 Å². The second kappa shape index (κ2) is 11.8. The number of thiophene rings is 1. The van der Waals surface area contributed by atoms with Crippen molar-refractivity contribution in [1.29, 1.82) is 0 Å². The van der Waals surface area contributed by atoms with Crippen molar-refractivity contribution >= 4 is 91.6 Å². The van der Waals surface area contributed by atoms with E-state index in [4.69, 9.17) is 0 Å². The first kappa shape index (κ1) is 29.7. The van der Waals surface area contributed by atoms with Crippen LogP contribution in [0.2, 0.25) is 0 Å². The van der Waals surface area contributed by atoms with E-state index in [1.165, 1.54) is 64.8 Å². The minimum atomic E-state index is 0. The number of nitrogens with zero attached hydrogens (tertiary/aromatic N) is 2. The number of para-hydroxylation sites is 2. The molecule has 0 saturated carbocycles. The summed E-state index contributed by atoms with van der Waals surface area (Å²) in [5.41, 5.74) is 6.67. The molecule has 0 spiro atoms. The molecule has 0 atom stereocenters. The Labute approximate surface area is 300 Å². The average molecular weight is 700 g/mol. The number of phenolic OH excluding ortho intramolecular Hbond substituents is 1. The monoisotopic (exact) mass is 699 g/mol. The number of rotatable bonds is 2. The number of aromatic amines is 1. The second-order valence-corrected chi connectivity index (χ2v) is 12.6. The predicted molar refractivity (Wildman–Crippen MR) is 198 cm³/mol. The molecular formula is C41H28N3OSY-. The molecular weight excluding hydrogens is 671 g/mol. The van der Waals surface area contributed by atoms with Crippen LogP contribution in [0.1, 0.15) is 0 Å². The molecule has 0 aliphatic heterocycles. The standard InChI is InChI=1S/C28H18N2.C13H10NOS.Y/c1-2-8-20-18(7-1)13-15-25-28(20)23-17-19(14-16-24(23)29-25)30-26-11-5-3-9-21(26)22-10-4-6-12-27(22)30;1-14-9-6-7-11-12(13(9)15)8-4-2-3-5-10(8)16-11;/h1-17,29H;2-7,15H,1H3;/q;-1;. The summed E-state index contributed by atoms with van der Waals surface area (Å²) in [7, 11) is 1.69. The Balaban J connectivity index is 0.000000162. The fraction of sp³-hybridized carbons (Fsp3) is 0.0244. The number of H-pyrrole nitrogens is 1. The SMILES string of the molecule is C[N-]c1ccc2sc3ccccc3c2c1O.[Y].c1ccc2c(c1)ccc1[nH]c3ccc(-n4c5ccccc5c5ccccc54)cc3c12. The molecule has 0 unspecified atom stereocenters. The van der Waals surface area contributed by atoms with Crippen LogP contribution >= 0.6 is 11.3 Å². The van der Waals surface area contributed by atoms with Crippen molar-refractivity contribution < 1.29 is 37.8 Å². The van der Waals surface area contributed by atoms with Gasteiger partial charge in [0.05, 0.1) is 11.0 Å². The van der Waals surface area contributed by atoms with Crippen LogP contribution in [0.5, 0.6) is 5.75 Å². The Morgan fingerprint density at radius 3 is 1.96 bits per heavy atom. The van der Waals surface area contributed by atoms with Crippen molar-refractivity contribution in [3.05, 3.63) is 145 Å². The number of fused-ring (bicyclic) bond motifs is 11. The molecule has 6 heteroatoms. The largest absolute Gasteiger partial charge is 0.684 e. The van der Waals surface area contributed by atoms with Crippen molar-refractivity contribution in [3.8, 4) is 11.4 Å².